The highest BCUT2D eigenvalue weighted by atomic mass is 35.5. The van der Waals surface area contributed by atoms with Gasteiger partial charge in [0.1, 0.15) is 5.82 Å². The quantitative estimate of drug-likeness (QED) is 0.746. The predicted molar refractivity (Wildman–Crippen MR) is 75.1 cm³/mol. The zero-order chi connectivity index (χ0) is 14.3. The summed E-state index contributed by atoms with van der Waals surface area (Å²) in [5, 5.41) is 0.169. The molecule has 1 heterocycles. The third kappa shape index (κ3) is 1.83. The maximum atomic E-state index is 14.0. The highest BCUT2D eigenvalue weighted by Crippen LogP contribution is 2.32. The fourth-order valence-electron chi connectivity index (χ4n) is 2.13. The van der Waals surface area contributed by atoms with Gasteiger partial charge >= 0.3 is 6.03 Å². The number of nitrogens with two attached hydrogens (primary N) is 1. The van der Waals surface area contributed by atoms with Gasteiger partial charge in [-0.25, -0.2) is 18.7 Å². The van der Waals surface area contributed by atoms with Crippen molar-refractivity contribution in [2.75, 3.05) is 0 Å². The number of halogens is 2. The lowest BCUT2D eigenvalue weighted by Gasteiger charge is -2.07. The summed E-state index contributed by atoms with van der Waals surface area (Å²) >= 11 is 6.02. The molecular formula is C14H9ClFN3O. The second-order valence-electron chi connectivity index (χ2n) is 4.19. The predicted octanol–water partition coefficient (Wildman–Crippen LogP) is 3.42. The summed E-state index contributed by atoms with van der Waals surface area (Å²) < 4.78 is 15.2. The van der Waals surface area contributed by atoms with Gasteiger partial charge in [0.25, 0.3) is 0 Å². The van der Waals surface area contributed by atoms with E-state index >= 15 is 0 Å². The van der Waals surface area contributed by atoms with Crippen LogP contribution in [-0.2, 0) is 0 Å². The van der Waals surface area contributed by atoms with Gasteiger partial charge in [-0.2, -0.15) is 0 Å². The van der Waals surface area contributed by atoms with Crippen molar-refractivity contribution >= 4 is 28.7 Å². The normalized spacial score (nSPS) is 10.9. The molecular weight excluding hydrogens is 281 g/mol. The van der Waals surface area contributed by atoms with Crippen molar-refractivity contribution in [2.24, 2.45) is 5.73 Å². The number of primary amides is 1. The van der Waals surface area contributed by atoms with Crippen LogP contribution in [0.3, 0.4) is 0 Å². The van der Waals surface area contributed by atoms with Crippen LogP contribution in [0.5, 0.6) is 0 Å². The zero-order valence-corrected chi connectivity index (χ0v) is 10.9. The number of aromatic nitrogens is 2. The molecule has 0 fully saturated rings. The van der Waals surface area contributed by atoms with Crippen molar-refractivity contribution in [3.8, 4) is 11.4 Å². The number of carbonyl (C=O) groups is 1. The molecule has 1 amide bonds. The number of fused-ring (bicyclic) bond motifs is 1. The van der Waals surface area contributed by atoms with E-state index in [0.29, 0.717) is 11.0 Å². The highest BCUT2D eigenvalue weighted by Gasteiger charge is 2.20. The summed E-state index contributed by atoms with van der Waals surface area (Å²) in [7, 11) is 0. The van der Waals surface area contributed by atoms with E-state index in [-0.39, 0.29) is 16.4 Å². The molecule has 20 heavy (non-hydrogen) atoms. The Kier molecular flexibility index (Phi) is 2.91. The van der Waals surface area contributed by atoms with Gasteiger partial charge in [-0.05, 0) is 24.3 Å². The summed E-state index contributed by atoms with van der Waals surface area (Å²) in [4.78, 5) is 15.9. The number of rotatable bonds is 1. The number of para-hydroxylation sites is 2. The van der Waals surface area contributed by atoms with Crippen molar-refractivity contribution in [3.05, 3.63) is 53.3 Å². The molecule has 2 N–H and O–H groups in total. The fraction of sp³-hybridized carbons (Fsp3) is 0. The molecule has 4 nitrogen and oxygen atoms in total. The van der Waals surface area contributed by atoms with Crippen molar-refractivity contribution in [2.45, 2.75) is 0 Å². The molecule has 100 valence electrons. The molecule has 0 aliphatic rings. The molecule has 2 aromatic carbocycles. The van der Waals surface area contributed by atoms with Gasteiger partial charge in [0, 0.05) is 0 Å². The van der Waals surface area contributed by atoms with Gasteiger partial charge in [0.2, 0.25) is 0 Å². The Labute approximate surface area is 118 Å². The Bertz CT molecular complexity index is 808. The molecule has 0 unspecified atom stereocenters. The summed E-state index contributed by atoms with van der Waals surface area (Å²) in [6.45, 7) is 0. The molecule has 0 atom stereocenters. The van der Waals surface area contributed by atoms with E-state index in [4.69, 9.17) is 17.3 Å². The maximum Gasteiger partial charge on any atom is 0.325 e. The first-order valence-corrected chi connectivity index (χ1v) is 6.19. The van der Waals surface area contributed by atoms with Crippen LogP contribution in [0.1, 0.15) is 0 Å². The number of nitrogens with zero attached hydrogens (tertiary/aromatic N) is 2. The molecule has 0 radical (unpaired) electrons. The summed E-state index contributed by atoms with van der Waals surface area (Å²) in [5.41, 5.74) is 6.49. The van der Waals surface area contributed by atoms with E-state index in [1.54, 1.807) is 24.3 Å². The van der Waals surface area contributed by atoms with E-state index in [0.717, 1.165) is 4.57 Å². The highest BCUT2D eigenvalue weighted by molar-refractivity contribution is 6.33. The van der Waals surface area contributed by atoms with E-state index in [1.165, 1.54) is 18.2 Å². The molecule has 0 aliphatic carbocycles. The van der Waals surface area contributed by atoms with E-state index < -0.39 is 11.8 Å². The standard InChI is InChI=1S/C14H9ClFN3O/c15-8-4-3-5-9(16)12(8)13-18-10-6-1-2-7-11(10)19(13)14(17)20/h1-7H,(H2,17,20). The van der Waals surface area contributed by atoms with Crippen LogP contribution in [0.4, 0.5) is 9.18 Å². The van der Waals surface area contributed by atoms with Crippen LogP contribution < -0.4 is 5.73 Å². The Morgan fingerprint density at radius 2 is 1.95 bits per heavy atom. The topological polar surface area (TPSA) is 60.9 Å². The number of hydrogen-bond acceptors (Lipinski definition) is 2. The average Bonchev–Trinajstić information content (AvgIpc) is 2.77. The molecule has 0 aliphatic heterocycles. The summed E-state index contributed by atoms with van der Waals surface area (Å²) in [5.74, 6) is -0.461. The van der Waals surface area contributed by atoms with Crippen LogP contribution in [0.15, 0.2) is 42.5 Å². The average molecular weight is 290 g/mol. The van der Waals surface area contributed by atoms with Crippen LogP contribution >= 0.6 is 11.6 Å². The lowest BCUT2D eigenvalue weighted by molar-refractivity contribution is 0.251. The lowest BCUT2D eigenvalue weighted by atomic mass is 10.2. The van der Waals surface area contributed by atoms with Crippen molar-refractivity contribution in [1.29, 1.82) is 0 Å². The summed E-state index contributed by atoms with van der Waals surface area (Å²) in [6.07, 6.45) is 0. The number of carbonyl (C=O) groups excluding carboxylic acids is 1. The number of imidazole rings is 1. The molecule has 0 saturated heterocycles. The lowest BCUT2D eigenvalue weighted by Crippen LogP contribution is -2.20. The molecule has 3 aromatic rings. The maximum absolute atomic E-state index is 14.0. The van der Waals surface area contributed by atoms with Gasteiger partial charge < -0.3 is 5.73 Å². The second-order valence-corrected chi connectivity index (χ2v) is 4.60. The molecule has 0 saturated carbocycles. The smallest absolute Gasteiger partial charge is 0.325 e. The second kappa shape index (κ2) is 4.61. The van der Waals surface area contributed by atoms with Crippen LogP contribution in [0.25, 0.3) is 22.4 Å². The molecule has 6 heteroatoms. The van der Waals surface area contributed by atoms with Crippen LogP contribution in [-0.4, -0.2) is 15.6 Å². The van der Waals surface area contributed by atoms with E-state index in [9.17, 15) is 9.18 Å². The number of benzene rings is 2. The molecule has 0 bridgehead atoms. The van der Waals surface area contributed by atoms with Crippen LogP contribution in [0.2, 0.25) is 5.02 Å². The third-order valence-corrected chi connectivity index (χ3v) is 3.28. The number of amides is 1. The van der Waals surface area contributed by atoms with Gasteiger partial charge in [0.05, 0.1) is 21.6 Å². The minimum absolute atomic E-state index is 0.0594. The van der Waals surface area contributed by atoms with Crippen LogP contribution in [0, 0.1) is 5.82 Å². The fourth-order valence-corrected chi connectivity index (χ4v) is 2.38. The van der Waals surface area contributed by atoms with Gasteiger partial charge in [-0.3, -0.25) is 0 Å². The van der Waals surface area contributed by atoms with E-state index in [1.807, 2.05) is 0 Å². The Morgan fingerprint density at radius 1 is 1.20 bits per heavy atom. The minimum atomic E-state index is -0.743. The Morgan fingerprint density at radius 3 is 2.65 bits per heavy atom. The van der Waals surface area contributed by atoms with Crippen molar-refractivity contribution in [1.82, 2.24) is 9.55 Å². The van der Waals surface area contributed by atoms with Crippen molar-refractivity contribution in [3.63, 3.8) is 0 Å². The van der Waals surface area contributed by atoms with E-state index in [2.05, 4.69) is 4.98 Å². The first-order chi connectivity index (χ1) is 9.59. The minimum Gasteiger partial charge on any atom is -0.351 e. The largest absolute Gasteiger partial charge is 0.351 e. The monoisotopic (exact) mass is 289 g/mol. The molecule has 0 spiro atoms. The molecule has 3 rings (SSSR count). The van der Waals surface area contributed by atoms with Gasteiger partial charge in [-0.15, -0.1) is 0 Å². The third-order valence-electron chi connectivity index (χ3n) is 2.97. The van der Waals surface area contributed by atoms with Crippen molar-refractivity contribution < 1.29 is 9.18 Å². The Hall–Kier alpha value is -2.40. The first kappa shape index (κ1) is 12.6. The number of hydrogen-bond donors (Lipinski definition) is 1. The SMILES string of the molecule is NC(=O)n1c(-c2c(F)cccc2Cl)nc2ccccc21. The van der Waals surface area contributed by atoms with Gasteiger partial charge in [-0.1, -0.05) is 29.8 Å². The van der Waals surface area contributed by atoms with Gasteiger partial charge in [0.15, 0.2) is 5.82 Å². The zero-order valence-electron chi connectivity index (χ0n) is 10.2. The summed E-state index contributed by atoms with van der Waals surface area (Å²) in [6, 6.07) is 10.4. The molecule has 1 aromatic heterocycles. The Balaban J connectivity index is 2.42. The first-order valence-electron chi connectivity index (χ1n) is 5.81.